The molecule has 3 heterocycles. The van der Waals surface area contributed by atoms with E-state index in [1.54, 1.807) is 29.4 Å². The Labute approximate surface area is 238 Å². The summed E-state index contributed by atoms with van der Waals surface area (Å²) in [5.41, 5.74) is 6.61. The minimum Gasteiger partial charge on any atom is -0.492 e. The van der Waals surface area contributed by atoms with Gasteiger partial charge in [0.2, 0.25) is 0 Å². The van der Waals surface area contributed by atoms with Crippen molar-refractivity contribution >= 4 is 24.4 Å². The molecule has 0 aliphatic carbocycles. The fourth-order valence-electron chi connectivity index (χ4n) is 5.04. The summed E-state index contributed by atoms with van der Waals surface area (Å²) in [4.78, 5) is 35.7. The van der Waals surface area contributed by atoms with E-state index in [-0.39, 0.29) is 36.3 Å². The number of carbonyl (C=O) groups excluding carboxylic acids is 1. The largest absolute Gasteiger partial charge is 0.492 e. The van der Waals surface area contributed by atoms with Crippen molar-refractivity contribution in [3.8, 4) is 5.75 Å². The quantitative estimate of drug-likeness (QED) is 0.300. The number of carboxylic acid groups (broad SMARTS) is 1. The van der Waals surface area contributed by atoms with Crippen LogP contribution in [-0.2, 0) is 19.4 Å². The first-order chi connectivity index (χ1) is 18.9. The molecule has 0 saturated carbocycles. The topological polar surface area (TPSA) is 118 Å². The van der Waals surface area contributed by atoms with Gasteiger partial charge in [-0.1, -0.05) is 29.8 Å². The van der Waals surface area contributed by atoms with E-state index >= 15 is 0 Å². The van der Waals surface area contributed by atoms with Crippen molar-refractivity contribution in [2.45, 2.75) is 39.3 Å². The number of carboxylic acids is 1. The van der Waals surface area contributed by atoms with Gasteiger partial charge in [-0.2, -0.15) is 0 Å². The zero-order chi connectivity index (χ0) is 27.4. The Bertz CT molecular complexity index is 1480. The summed E-state index contributed by atoms with van der Waals surface area (Å²) in [7, 11) is 0. The van der Waals surface area contributed by atoms with Crippen molar-refractivity contribution in [2.24, 2.45) is 0 Å². The molecule has 0 spiro atoms. The molecule has 4 aromatic rings. The number of pyridine rings is 1. The highest BCUT2D eigenvalue weighted by Gasteiger charge is 2.34. The summed E-state index contributed by atoms with van der Waals surface area (Å²) in [5.74, 6) is -0.769. The number of aromatic nitrogens is 2. The zero-order valence-corrected chi connectivity index (χ0v) is 23.1. The van der Waals surface area contributed by atoms with Crippen LogP contribution in [0.25, 0.3) is 0 Å². The molecule has 0 bridgehead atoms. The van der Waals surface area contributed by atoms with Crippen molar-refractivity contribution in [3.05, 3.63) is 112 Å². The molecule has 0 saturated heterocycles. The van der Waals surface area contributed by atoms with Crippen molar-refractivity contribution in [1.82, 2.24) is 20.2 Å². The summed E-state index contributed by atoms with van der Waals surface area (Å²) >= 11 is 0. The number of amides is 2. The summed E-state index contributed by atoms with van der Waals surface area (Å²) in [6, 6.07) is 12.8. The summed E-state index contributed by atoms with van der Waals surface area (Å²) in [5, 5.41) is 12.9. The number of nitrogens with zero attached hydrogens (tertiary/aromatic N) is 3. The smallest absolute Gasteiger partial charge is 0.339 e. The molecule has 1 atom stereocenters. The van der Waals surface area contributed by atoms with Crippen LogP contribution in [-0.4, -0.2) is 45.1 Å². The number of hydrogen-bond acceptors (Lipinski definition) is 6. The van der Waals surface area contributed by atoms with E-state index in [9.17, 15) is 14.7 Å². The van der Waals surface area contributed by atoms with Gasteiger partial charge in [-0.25, -0.2) is 14.6 Å². The molecule has 208 valence electrons. The van der Waals surface area contributed by atoms with Gasteiger partial charge in [0.25, 0.3) is 0 Å². The Morgan fingerprint density at radius 1 is 1.18 bits per heavy atom. The number of fused-ring (bicyclic) bond motifs is 1. The average Bonchev–Trinajstić information content (AvgIpc) is 3.45. The predicted molar refractivity (Wildman–Crippen MR) is 151 cm³/mol. The fraction of sp³-hybridized carbons (Fsp3) is 0.267. The number of aromatic carboxylic acids is 1. The minimum atomic E-state index is -1.05. The van der Waals surface area contributed by atoms with Crippen LogP contribution in [0.2, 0.25) is 0 Å². The van der Waals surface area contributed by atoms with Gasteiger partial charge in [-0.15, -0.1) is 12.4 Å². The van der Waals surface area contributed by atoms with E-state index < -0.39 is 12.0 Å². The van der Waals surface area contributed by atoms with E-state index in [1.165, 1.54) is 12.7 Å². The van der Waals surface area contributed by atoms with Crippen LogP contribution in [0.5, 0.6) is 5.75 Å². The van der Waals surface area contributed by atoms with Crippen molar-refractivity contribution in [3.63, 3.8) is 0 Å². The van der Waals surface area contributed by atoms with Gasteiger partial charge in [0, 0.05) is 25.4 Å². The lowest BCUT2D eigenvalue weighted by Crippen LogP contribution is -2.46. The number of halogens is 1. The van der Waals surface area contributed by atoms with Crippen molar-refractivity contribution < 1.29 is 23.8 Å². The van der Waals surface area contributed by atoms with Crippen LogP contribution in [0.3, 0.4) is 0 Å². The Balaban J connectivity index is 0.00000370. The van der Waals surface area contributed by atoms with Crippen LogP contribution in [0, 0.1) is 13.8 Å². The summed E-state index contributed by atoms with van der Waals surface area (Å²) < 4.78 is 11.1. The van der Waals surface area contributed by atoms with E-state index in [0.717, 1.165) is 33.4 Å². The number of rotatable bonds is 8. The minimum absolute atomic E-state index is 0. The first kappa shape index (κ1) is 28.6. The maximum absolute atomic E-state index is 13.5. The molecule has 0 fully saturated rings. The van der Waals surface area contributed by atoms with Crippen LogP contribution in [0.4, 0.5) is 4.79 Å². The molecule has 9 nitrogen and oxygen atoms in total. The van der Waals surface area contributed by atoms with E-state index in [1.807, 2.05) is 38.1 Å². The van der Waals surface area contributed by atoms with Gasteiger partial charge < -0.3 is 24.5 Å². The lowest BCUT2D eigenvalue weighted by molar-refractivity contribution is 0.0691. The highest BCUT2D eigenvalue weighted by atomic mass is 35.5. The first-order valence-electron chi connectivity index (χ1n) is 12.8. The maximum atomic E-state index is 13.5. The predicted octanol–water partition coefficient (Wildman–Crippen LogP) is 5.29. The molecule has 1 aliphatic heterocycles. The first-order valence-corrected chi connectivity index (χ1v) is 12.8. The molecule has 2 aromatic carbocycles. The van der Waals surface area contributed by atoms with Crippen LogP contribution in [0.1, 0.15) is 55.5 Å². The molecule has 2 N–H and O–H groups in total. The van der Waals surface area contributed by atoms with Gasteiger partial charge in [-0.05, 0) is 66.3 Å². The SMILES string of the molecule is Cc1ccc(C2c3cc(OCCc4cccnc4)c(C(=O)O)cc3CCN2C(=O)NCc2cocn2)c(C)c1.Cl. The highest BCUT2D eigenvalue weighted by molar-refractivity contribution is 5.91. The molecule has 10 heteroatoms. The number of oxazole rings is 1. The van der Waals surface area contributed by atoms with E-state index in [0.29, 0.717) is 31.7 Å². The van der Waals surface area contributed by atoms with Crippen LogP contribution < -0.4 is 10.1 Å². The third kappa shape index (κ3) is 6.26. The molecule has 5 rings (SSSR count). The molecule has 1 aliphatic rings. The Morgan fingerprint density at radius 2 is 2.02 bits per heavy atom. The number of urea groups is 1. The average molecular weight is 563 g/mol. The van der Waals surface area contributed by atoms with Gasteiger partial charge >= 0.3 is 12.0 Å². The highest BCUT2D eigenvalue weighted by Crippen LogP contribution is 2.40. The molecule has 2 amide bonds. The monoisotopic (exact) mass is 562 g/mol. The van der Waals surface area contributed by atoms with Gasteiger partial charge in [0.1, 0.15) is 17.6 Å². The van der Waals surface area contributed by atoms with E-state index in [2.05, 4.69) is 21.4 Å². The Hall–Kier alpha value is -4.37. The number of hydrogen-bond donors (Lipinski definition) is 2. The fourth-order valence-corrected chi connectivity index (χ4v) is 5.04. The number of nitrogens with one attached hydrogen (secondary N) is 1. The molecule has 0 radical (unpaired) electrons. The second kappa shape index (κ2) is 12.7. The lowest BCUT2D eigenvalue weighted by atomic mass is 9.85. The van der Waals surface area contributed by atoms with Crippen LogP contribution in [0.15, 0.2) is 71.9 Å². The number of benzene rings is 2. The standard InChI is InChI=1S/C30H30N4O5.ClH/c1-19-5-6-24(20(2)12-19)28-25-14-27(39-11-8-21-4-3-9-31-15-21)26(29(35)36)13-22(25)7-10-34(28)30(37)32-16-23-17-38-18-33-23;/h3-6,9,12-15,17-18,28H,7-8,10-11,16H2,1-2H3,(H,32,37)(H,35,36);1H. The Kier molecular flexibility index (Phi) is 9.06. The normalized spacial score (nSPS) is 14.2. The Morgan fingerprint density at radius 3 is 2.73 bits per heavy atom. The van der Waals surface area contributed by atoms with Crippen molar-refractivity contribution in [1.29, 1.82) is 0 Å². The lowest BCUT2D eigenvalue weighted by Gasteiger charge is -2.38. The van der Waals surface area contributed by atoms with Crippen LogP contribution >= 0.6 is 12.4 Å². The number of aryl methyl sites for hydroxylation is 2. The molecule has 1 unspecified atom stereocenters. The molecule has 2 aromatic heterocycles. The zero-order valence-electron chi connectivity index (χ0n) is 22.3. The maximum Gasteiger partial charge on any atom is 0.339 e. The number of ether oxygens (including phenoxy) is 1. The number of carbonyl (C=O) groups is 2. The van der Waals surface area contributed by atoms with E-state index in [4.69, 9.17) is 9.15 Å². The summed E-state index contributed by atoms with van der Waals surface area (Å²) in [6.45, 7) is 5.01. The molecular weight excluding hydrogens is 532 g/mol. The van der Waals surface area contributed by atoms with Gasteiger partial charge in [-0.3, -0.25) is 4.98 Å². The summed E-state index contributed by atoms with van der Waals surface area (Å²) in [6.07, 6.45) is 7.39. The van der Waals surface area contributed by atoms with Gasteiger partial charge in [0.05, 0.1) is 24.9 Å². The second-order valence-electron chi connectivity index (χ2n) is 9.66. The van der Waals surface area contributed by atoms with Crippen molar-refractivity contribution in [2.75, 3.05) is 13.2 Å². The third-order valence-electron chi connectivity index (χ3n) is 6.96. The molecular formula is C30H31ClN4O5. The molecule has 40 heavy (non-hydrogen) atoms. The second-order valence-corrected chi connectivity index (χ2v) is 9.66. The third-order valence-corrected chi connectivity index (χ3v) is 6.96. The van der Waals surface area contributed by atoms with Gasteiger partial charge in [0.15, 0.2) is 6.39 Å².